The summed E-state index contributed by atoms with van der Waals surface area (Å²) in [7, 11) is 0. The molecule has 1 atom stereocenters. The first-order chi connectivity index (χ1) is 8.00. The average molecular weight is 319 g/mol. The maximum atomic E-state index is 11.8. The second-order valence-corrected chi connectivity index (χ2v) is 6.11. The van der Waals surface area contributed by atoms with E-state index in [-0.39, 0.29) is 5.91 Å². The van der Waals surface area contributed by atoms with Gasteiger partial charge in [0.2, 0.25) is 0 Å². The van der Waals surface area contributed by atoms with Gasteiger partial charge in [0.1, 0.15) is 0 Å². The Morgan fingerprint density at radius 2 is 2.24 bits per heavy atom. The average Bonchev–Trinajstić information content (AvgIpc) is 2.27. The minimum absolute atomic E-state index is 0.0610. The Hall–Kier alpha value is -0.540. The van der Waals surface area contributed by atoms with Crippen molar-refractivity contribution in [2.45, 2.75) is 31.5 Å². The lowest BCUT2D eigenvalue weighted by molar-refractivity contribution is 0.0953. The Morgan fingerprint density at radius 3 is 2.82 bits per heavy atom. The summed E-state index contributed by atoms with van der Waals surface area (Å²) in [5.74, 6) is -0.0610. The summed E-state index contributed by atoms with van der Waals surface area (Å²) in [5.41, 5.74) is 1.60. The van der Waals surface area contributed by atoms with Crippen molar-refractivity contribution in [3.8, 4) is 0 Å². The molecule has 1 aromatic rings. The van der Waals surface area contributed by atoms with Crippen LogP contribution in [0.25, 0.3) is 0 Å². The number of aryl methyl sites for hydroxylation is 1. The molecule has 0 aliphatic carbocycles. The molecule has 0 bridgehead atoms. The highest BCUT2D eigenvalue weighted by Crippen LogP contribution is 2.16. The van der Waals surface area contributed by atoms with Gasteiger partial charge in [0.05, 0.1) is 0 Å². The summed E-state index contributed by atoms with van der Waals surface area (Å²) in [5, 5.41) is 3.51. The minimum Gasteiger partial charge on any atom is -0.352 e. The molecule has 4 heteroatoms. The second-order valence-electron chi connectivity index (χ2n) is 4.14. The predicted molar refractivity (Wildman–Crippen MR) is 76.1 cm³/mol. The molecule has 1 N–H and O–H groups in total. The largest absolute Gasteiger partial charge is 0.352 e. The van der Waals surface area contributed by atoms with E-state index in [0.29, 0.717) is 22.0 Å². The second kappa shape index (κ2) is 7.02. The van der Waals surface area contributed by atoms with Crippen LogP contribution in [-0.4, -0.2) is 17.3 Å². The third-order valence-corrected chi connectivity index (χ3v) is 3.36. The first-order valence-corrected chi connectivity index (χ1v) is 6.98. The summed E-state index contributed by atoms with van der Waals surface area (Å²) >= 11 is 9.45. The summed E-state index contributed by atoms with van der Waals surface area (Å²) in [6.45, 7) is 4.71. The SMILES string of the molecule is Cc1ccc(C(=O)NCCCC(C)Br)cc1Cl. The lowest BCUT2D eigenvalue weighted by atomic mass is 10.1. The lowest BCUT2D eigenvalue weighted by Gasteiger charge is -2.07. The number of rotatable bonds is 5. The molecule has 2 nitrogen and oxygen atoms in total. The zero-order chi connectivity index (χ0) is 12.8. The fourth-order valence-corrected chi connectivity index (χ4v) is 1.93. The maximum absolute atomic E-state index is 11.8. The molecule has 0 aromatic heterocycles. The molecule has 0 saturated carbocycles. The van der Waals surface area contributed by atoms with Crippen LogP contribution in [0.15, 0.2) is 18.2 Å². The van der Waals surface area contributed by atoms with Crippen LogP contribution in [-0.2, 0) is 0 Å². The van der Waals surface area contributed by atoms with Crippen LogP contribution in [0.1, 0.15) is 35.7 Å². The Labute approximate surface area is 116 Å². The van der Waals surface area contributed by atoms with E-state index in [4.69, 9.17) is 11.6 Å². The van der Waals surface area contributed by atoms with Gasteiger partial charge in [-0.2, -0.15) is 0 Å². The normalized spacial score (nSPS) is 12.2. The molecule has 0 saturated heterocycles. The number of carbonyl (C=O) groups excluding carboxylic acids is 1. The van der Waals surface area contributed by atoms with Crippen molar-refractivity contribution in [2.24, 2.45) is 0 Å². The highest BCUT2D eigenvalue weighted by molar-refractivity contribution is 9.09. The van der Waals surface area contributed by atoms with Crippen LogP contribution >= 0.6 is 27.5 Å². The Kier molecular flexibility index (Phi) is 6.00. The molecular formula is C13H17BrClNO. The number of halogens is 2. The molecule has 1 rings (SSSR count). The van der Waals surface area contributed by atoms with Crippen LogP contribution in [0.5, 0.6) is 0 Å². The monoisotopic (exact) mass is 317 g/mol. The molecular weight excluding hydrogens is 302 g/mol. The van der Waals surface area contributed by atoms with Crippen molar-refractivity contribution in [1.82, 2.24) is 5.32 Å². The predicted octanol–water partition coefficient (Wildman–Crippen LogP) is 3.94. The van der Waals surface area contributed by atoms with Crippen LogP contribution in [0.4, 0.5) is 0 Å². The van der Waals surface area contributed by atoms with E-state index in [0.717, 1.165) is 18.4 Å². The van der Waals surface area contributed by atoms with E-state index >= 15 is 0 Å². The van der Waals surface area contributed by atoms with Crippen molar-refractivity contribution in [3.63, 3.8) is 0 Å². The van der Waals surface area contributed by atoms with E-state index in [1.165, 1.54) is 0 Å². The van der Waals surface area contributed by atoms with Gasteiger partial charge in [0.25, 0.3) is 5.91 Å². The van der Waals surface area contributed by atoms with Crippen molar-refractivity contribution in [2.75, 3.05) is 6.54 Å². The quantitative estimate of drug-likeness (QED) is 0.646. The van der Waals surface area contributed by atoms with Crippen molar-refractivity contribution in [1.29, 1.82) is 0 Å². The van der Waals surface area contributed by atoms with Gasteiger partial charge in [-0.05, 0) is 37.5 Å². The molecule has 1 aromatic carbocycles. The number of hydrogen-bond donors (Lipinski definition) is 1. The van der Waals surface area contributed by atoms with Crippen molar-refractivity contribution >= 4 is 33.4 Å². The highest BCUT2D eigenvalue weighted by Gasteiger charge is 2.06. The number of benzene rings is 1. The Morgan fingerprint density at radius 1 is 1.53 bits per heavy atom. The molecule has 0 aliphatic heterocycles. The van der Waals surface area contributed by atoms with Crippen LogP contribution < -0.4 is 5.32 Å². The highest BCUT2D eigenvalue weighted by atomic mass is 79.9. The number of carbonyl (C=O) groups is 1. The third-order valence-electron chi connectivity index (χ3n) is 2.50. The fourth-order valence-electron chi connectivity index (χ4n) is 1.42. The van der Waals surface area contributed by atoms with Gasteiger partial charge in [-0.1, -0.05) is 40.5 Å². The van der Waals surface area contributed by atoms with Gasteiger partial charge < -0.3 is 5.32 Å². The summed E-state index contributed by atoms with van der Waals surface area (Å²) in [4.78, 5) is 12.3. The zero-order valence-corrected chi connectivity index (χ0v) is 12.4. The fraction of sp³-hybridized carbons (Fsp3) is 0.462. The number of alkyl halides is 1. The molecule has 0 fully saturated rings. The van der Waals surface area contributed by atoms with E-state index in [2.05, 4.69) is 28.2 Å². The van der Waals surface area contributed by atoms with Gasteiger partial charge >= 0.3 is 0 Å². The van der Waals surface area contributed by atoms with E-state index in [1.54, 1.807) is 12.1 Å². The van der Waals surface area contributed by atoms with E-state index in [1.807, 2.05) is 13.0 Å². The van der Waals surface area contributed by atoms with Crippen molar-refractivity contribution < 1.29 is 4.79 Å². The topological polar surface area (TPSA) is 29.1 Å². The van der Waals surface area contributed by atoms with E-state index < -0.39 is 0 Å². The molecule has 0 heterocycles. The Balaban J connectivity index is 2.44. The van der Waals surface area contributed by atoms with Gasteiger partial charge in [0, 0.05) is 22.0 Å². The summed E-state index contributed by atoms with van der Waals surface area (Å²) in [6.07, 6.45) is 2.02. The molecule has 0 aliphatic rings. The molecule has 0 spiro atoms. The van der Waals surface area contributed by atoms with Crippen LogP contribution in [0.3, 0.4) is 0 Å². The van der Waals surface area contributed by atoms with Gasteiger partial charge in [0.15, 0.2) is 0 Å². The molecule has 1 unspecified atom stereocenters. The standard InChI is InChI=1S/C13H17BrClNO/c1-9-5-6-11(8-12(9)15)13(17)16-7-3-4-10(2)14/h5-6,8,10H,3-4,7H2,1-2H3,(H,16,17). The minimum atomic E-state index is -0.0610. The first kappa shape index (κ1) is 14.5. The molecule has 1 amide bonds. The van der Waals surface area contributed by atoms with E-state index in [9.17, 15) is 4.79 Å². The zero-order valence-electron chi connectivity index (χ0n) is 10.1. The lowest BCUT2D eigenvalue weighted by Crippen LogP contribution is -2.24. The molecule has 17 heavy (non-hydrogen) atoms. The summed E-state index contributed by atoms with van der Waals surface area (Å²) in [6, 6.07) is 5.36. The first-order valence-electron chi connectivity index (χ1n) is 5.69. The van der Waals surface area contributed by atoms with Crippen molar-refractivity contribution in [3.05, 3.63) is 34.3 Å². The number of hydrogen-bond acceptors (Lipinski definition) is 1. The molecule has 94 valence electrons. The van der Waals surface area contributed by atoms with Crippen LogP contribution in [0, 0.1) is 6.92 Å². The number of amides is 1. The van der Waals surface area contributed by atoms with Gasteiger partial charge in [-0.3, -0.25) is 4.79 Å². The van der Waals surface area contributed by atoms with Crippen LogP contribution in [0.2, 0.25) is 5.02 Å². The smallest absolute Gasteiger partial charge is 0.251 e. The maximum Gasteiger partial charge on any atom is 0.251 e. The van der Waals surface area contributed by atoms with Gasteiger partial charge in [-0.25, -0.2) is 0 Å². The Bertz CT molecular complexity index is 393. The number of nitrogens with one attached hydrogen (secondary N) is 1. The molecule has 0 radical (unpaired) electrons. The van der Waals surface area contributed by atoms with Gasteiger partial charge in [-0.15, -0.1) is 0 Å². The third kappa shape index (κ3) is 5.09. The summed E-state index contributed by atoms with van der Waals surface area (Å²) < 4.78 is 0.